The van der Waals surface area contributed by atoms with Gasteiger partial charge in [0.1, 0.15) is 6.61 Å². The molecule has 0 amide bonds. The van der Waals surface area contributed by atoms with Crippen molar-refractivity contribution >= 4 is 29.4 Å². The standard InChI is InChI=1S/C22H28N6O5/c1-5-16(11-29)33-17(12-32-21(30)15-9-7-6-8-10-15)28-14-23-18-19(28)25-22(24-13-27(2)3)26-20(18)31-4/h6-10,13-14,16-17,29H,5,11-12H2,1-4H3/t16-,17-/m1/s1. The van der Waals surface area contributed by atoms with Crippen LogP contribution < -0.4 is 4.74 Å². The Bertz CT molecular complexity index is 1080. The van der Waals surface area contributed by atoms with Crippen LogP contribution in [-0.4, -0.2) is 82.4 Å². The van der Waals surface area contributed by atoms with Crippen LogP contribution in [0, 0.1) is 0 Å². The van der Waals surface area contributed by atoms with Crippen molar-refractivity contribution < 1.29 is 24.1 Å². The van der Waals surface area contributed by atoms with Crippen LogP contribution >= 0.6 is 0 Å². The quantitative estimate of drug-likeness (QED) is 0.263. The molecular weight excluding hydrogens is 428 g/mol. The molecule has 0 aliphatic carbocycles. The Kier molecular flexibility index (Phi) is 8.28. The predicted octanol–water partition coefficient (Wildman–Crippen LogP) is 2.20. The molecule has 0 spiro atoms. The number of aromatic nitrogens is 4. The third-order valence-electron chi connectivity index (χ3n) is 4.66. The molecule has 3 aromatic rings. The Balaban J connectivity index is 1.96. The van der Waals surface area contributed by atoms with Gasteiger partial charge in [-0.2, -0.15) is 9.97 Å². The molecule has 0 unspecified atom stereocenters. The number of aliphatic imine (C=N–C) groups is 1. The van der Waals surface area contributed by atoms with Gasteiger partial charge in [-0.15, -0.1) is 0 Å². The highest BCUT2D eigenvalue weighted by Gasteiger charge is 2.24. The highest BCUT2D eigenvalue weighted by Crippen LogP contribution is 2.27. The number of rotatable bonds is 11. The maximum Gasteiger partial charge on any atom is 0.338 e. The number of esters is 1. The fourth-order valence-electron chi connectivity index (χ4n) is 2.94. The van der Waals surface area contributed by atoms with Crippen LogP contribution in [0.15, 0.2) is 41.7 Å². The lowest BCUT2D eigenvalue weighted by Crippen LogP contribution is -2.27. The van der Waals surface area contributed by atoms with E-state index in [4.69, 9.17) is 14.2 Å². The van der Waals surface area contributed by atoms with Gasteiger partial charge in [-0.1, -0.05) is 25.1 Å². The molecule has 0 saturated heterocycles. The van der Waals surface area contributed by atoms with E-state index >= 15 is 0 Å². The van der Waals surface area contributed by atoms with Gasteiger partial charge in [-0.3, -0.25) is 4.57 Å². The van der Waals surface area contributed by atoms with Gasteiger partial charge in [0, 0.05) is 14.1 Å². The monoisotopic (exact) mass is 456 g/mol. The van der Waals surface area contributed by atoms with Gasteiger partial charge in [0.2, 0.25) is 5.88 Å². The summed E-state index contributed by atoms with van der Waals surface area (Å²) >= 11 is 0. The van der Waals surface area contributed by atoms with E-state index in [0.29, 0.717) is 23.1 Å². The van der Waals surface area contributed by atoms with Crippen molar-refractivity contribution in [1.82, 2.24) is 24.4 Å². The van der Waals surface area contributed by atoms with E-state index in [2.05, 4.69) is 19.9 Å². The molecule has 0 saturated carbocycles. The number of aliphatic hydroxyl groups excluding tert-OH is 1. The van der Waals surface area contributed by atoms with Crippen molar-refractivity contribution in [2.24, 2.45) is 4.99 Å². The number of carbonyl (C=O) groups is 1. The summed E-state index contributed by atoms with van der Waals surface area (Å²) in [5.41, 5.74) is 1.22. The summed E-state index contributed by atoms with van der Waals surface area (Å²) in [5.74, 6) is -0.0722. The highest BCUT2D eigenvalue weighted by molar-refractivity contribution is 5.89. The maximum absolute atomic E-state index is 12.5. The number of fused-ring (bicyclic) bond motifs is 1. The SMILES string of the molecule is CC[C@H](CO)O[C@H](COC(=O)c1ccccc1)n1cnc2c(OC)nc(N=CN(C)C)nc21. The van der Waals surface area contributed by atoms with Crippen LogP contribution in [0.4, 0.5) is 5.95 Å². The van der Waals surface area contributed by atoms with Crippen LogP contribution in [0.1, 0.15) is 29.9 Å². The van der Waals surface area contributed by atoms with Crippen molar-refractivity contribution in [3.63, 3.8) is 0 Å². The lowest BCUT2D eigenvalue weighted by atomic mass is 10.2. The summed E-state index contributed by atoms with van der Waals surface area (Å²) in [5, 5.41) is 9.66. The van der Waals surface area contributed by atoms with Crippen LogP contribution in [0.2, 0.25) is 0 Å². The highest BCUT2D eigenvalue weighted by atomic mass is 16.6. The minimum atomic E-state index is -0.801. The largest absolute Gasteiger partial charge is 0.479 e. The maximum atomic E-state index is 12.5. The molecule has 0 fully saturated rings. The lowest BCUT2D eigenvalue weighted by molar-refractivity contribution is -0.0988. The summed E-state index contributed by atoms with van der Waals surface area (Å²) in [7, 11) is 5.14. The van der Waals surface area contributed by atoms with E-state index in [1.165, 1.54) is 13.4 Å². The molecule has 0 aliphatic heterocycles. The number of benzene rings is 1. The molecule has 0 radical (unpaired) electrons. The zero-order valence-corrected chi connectivity index (χ0v) is 19.1. The number of nitrogens with zero attached hydrogens (tertiary/aromatic N) is 6. The molecule has 0 bridgehead atoms. The number of hydrogen-bond donors (Lipinski definition) is 1. The molecule has 2 atom stereocenters. The van der Waals surface area contributed by atoms with E-state index in [1.807, 2.05) is 27.1 Å². The minimum absolute atomic E-state index is 0.127. The molecule has 33 heavy (non-hydrogen) atoms. The summed E-state index contributed by atoms with van der Waals surface area (Å²) < 4.78 is 18.5. The molecule has 2 heterocycles. The van der Waals surface area contributed by atoms with Gasteiger partial charge >= 0.3 is 5.97 Å². The second-order valence-electron chi connectivity index (χ2n) is 7.33. The van der Waals surface area contributed by atoms with Crippen LogP contribution in [0.25, 0.3) is 11.2 Å². The van der Waals surface area contributed by atoms with Gasteiger partial charge in [0.15, 0.2) is 17.4 Å². The van der Waals surface area contributed by atoms with E-state index in [9.17, 15) is 9.90 Å². The molecule has 1 aromatic carbocycles. The van der Waals surface area contributed by atoms with Crippen molar-refractivity contribution in [2.45, 2.75) is 25.7 Å². The number of hydrogen-bond acceptors (Lipinski definition) is 9. The number of ether oxygens (including phenoxy) is 3. The zero-order chi connectivity index (χ0) is 23.8. The third kappa shape index (κ3) is 6.02. The summed E-state index contributed by atoms with van der Waals surface area (Å²) in [6.45, 7) is 1.57. The summed E-state index contributed by atoms with van der Waals surface area (Å²) in [6, 6.07) is 8.66. The van der Waals surface area contributed by atoms with E-state index in [-0.39, 0.29) is 25.0 Å². The Morgan fingerprint density at radius 3 is 2.67 bits per heavy atom. The smallest absolute Gasteiger partial charge is 0.338 e. The van der Waals surface area contributed by atoms with Gasteiger partial charge in [0.05, 0.1) is 38.0 Å². The Hall–Kier alpha value is -3.57. The molecule has 11 heteroatoms. The van der Waals surface area contributed by atoms with Crippen LogP contribution in [0.3, 0.4) is 0 Å². The number of carbonyl (C=O) groups excluding carboxylic acids is 1. The first-order chi connectivity index (χ1) is 16.0. The number of aliphatic hydroxyl groups is 1. The molecule has 176 valence electrons. The van der Waals surface area contributed by atoms with Crippen molar-refractivity contribution in [3.05, 3.63) is 42.2 Å². The first-order valence-corrected chi connectivity index (χ1v) is 10.4. The Morgan fingerprint density at radius 1 is 1.27 bits per heavy atom. The van der Waals surface area contributed by atoms with Crippen molar-refractivity contribution in [2.75, 3.05) is 34.4 Å². The minimum Gasteiger partial charge on any atom is -0.479 e. The van der Waals surface area contributed by atoms with E-state index in [1.54, 1.807) is 40.1 Å². The first kappa shape index (κ1) is 24.1. The van der Waals surface area contributed by atoms with Crippen molar-refractivity contribution in [1.29, 1.82) is 0 Å². The van der Waals surface area contributed by atoms with E-state index in [0.717, 1.165) is 0 Å². The molecule has 1 N–H and O–H groups in total. The summed E-state index contributed by atoms with van der Waals surface area (Å²) in [4.78, 5) is 31.6. The molecule has 0 aliphatic rings. The lowest BCUT2D eigenvalue weighted by Gasteiger charge is -2.24. The molecular formula is C22H28N6O5. The molecule has 2 aromatic heterocycles. The summed E-state index contributed by atoms with van der Waals surface area (Å²) in [6.07, 6.45) is 2.36. The fraction of sp³-hybridized carbons (Fsp3) is 0.409. The average molecular weight is 457 g/mol. The molecule has 3 rings (SSSR count). The second-order valence-corrected chi connectivity index (χ2v) is 7.33. The van der Waals surface area contributed by atoms with Gasteiger partial charge in [-0.25, -0.2) is 14.8 Å². The Labute approximate surface area is 191 Å². The number of methoxy groups -OCH3 is 1. The molecule has 11 nitrogen and oxygen atoms in total. The topological polar surface area (TPSA) is 124 Å². The predicted molar refractivity (Wildman–Crippen MR) is 122 cm³/mol. The van der Waals surface area contributed by atoms with Gasteiger partial charge in [-0.05, 0) is 18.6 Å². The average Bonchev–Trinajstić information content (AvgIpc) is 3.26. The van der Waals surface area contributed by atoms with Gasteiger partial charge in [0.25, 0.3) is 5.95 Å². The number of imidazole rings is 1. The van der Waals surface area contributed by atoms with Crippen LogP contribution in [-0.2, 0) is 9.47 Å². The zero-order valence-electron chi connectivity index (χ0n) is 19.1. The van der Waals surface area contributed by atoms with Crippen molar-refractivity contribution in [3.8, 4) is 5.88 Å². The second kappa shape index (κ2) is 11.3. The first-order valence-electron chi connectivity index (χ1n) is 10.4. The van der Waals surface area contributed by atoms with Crippen LogP contribution in [0.5, 0.6) is 5.88 Å². The fourth-order valence-corrected chi connectivity index (χ4v) is 2.94. The van der Waals surface area contributed by atoms with Gasteiger partial charge < -0.3 is 24.2 Å². The normalized spacial score (nSPS) is 13.2. The Morgan fingerprint density at radius 2 is 2.03 bits per heavy atom. The third-order valence-corrected chi connectivity index (χ3v) is 4.66. The van der Waals surface area contributed by atoms with E-state index < -0.39 is 18.3 Å².